The Bertz CT molecular complexity index is 631. The first-order valence-corrected chi connectivity index (χ1v) is 10.9. The van der Waals surface area contributed by atoms with Gasteiger partial charge < -0.3 is 10.6 Å². The SMILES string of the molecule is Cc1nc(SCCNC(=O)CC2C(=O)NCCN2CC2CCCCC2)n[nH]1. The van der Waals surface area contributed by atoms with Crippen LogP contribution in [0.15, 0.2) is 5.16 Å². The smallest absolute Gasteiger partial charge is 0.237 e. The molecule has 2 amide bonds. The lowest BCUT2D eigenvalue weighted by Crippen LogP contribution is -2.57. The number of aryl methyl sites for hydroxylation is 1. The molecule has 3 N–H and O–H groups in total. The number of carbonyl (C=O) groups excluding carboxylic acids is 2. The highest BCUT2D eigenvalue weighted by molar-refractivity contribution is 7.99. The normalized spacial score (nSPS) is 21.8. The number of H-pyrrole nitrogens is 1. The fourth-order valence-electron chi connectivity index (χ4n) is 3.87. The van der Waals surface area contributed by atoms with Crippen LogP contribution in [0.25, 0.3) is 0 Å². The van der Waals surface area contributed by atoms with Crippen molar-refractivity contribution in [1.29, 1.82) is 0 Å². The van der Waals surface area contributed by atoms with Gasteiger partial charge in [-0.1, -0.05) is 31.0 Å². The number of thioether (sulfide) groups is 1. The standard InChI is InChI=1S/C18H30N6O2S/c1-13-21-18(23-22-13)27-10-8-19-16(25)11-15-17(26)20-7-9-24(15)12-14-5-3-2-4-6-14/h14-15H,2-12H2,1H3,(H,19,25)(H,20,26)(H,21,22,23). The second kappa shape index (κ2) is 10.1. The summed E-state index contributed by atoms with van der Waals surface area (Å²) in [6, 6.07) is -0.344. The lowest BCUT2D eigenvalue weighted by Gasteiger charge is -2.37. The highest BCUT2D eigenvalue weighted by Gasteiger charge is 2.33. The van der Waals surface area contributed by atoms with Crippen LogP contribution in [0.2, 0.25) is 0 Å². The predicted molar refractivity (Wildman–Crippen MR) is 104 cm³/mol. The number of piperazine rings is 1. The van der Waals surface area contributed by atoms with Crippen LogP contribution in [0.1, 0.15) is 44.3 Å². The first-order valence-electron chi connectivity index (χ1n) is 9.92. The fourth-order valence-corrected chi connectivity index (χ4v) is 4.57. The molecule has 1 saturated carbocycles. The van der Waals surface area contributed by atoms with Crippen LogP contribution in [-0.2, 0) is 9.59 Å². The van der Waals surface area contributed by atoms with Crippen molar-refractivity contribution in [2.75, 3.05) is 31.9 Å². The first kappa shape index (κ1) is 20.1. The number of amides is 2. The van der Waals surface area contributed by atoms with Crippen LogP contribution in [0, 0.1) is 12.8 Å². The molecule has 27 heavy (non-hydrogen) atoms. The molecule has 9 heteroatoms. The summed E-state index contributed by atoms with van der Waals surface area (Å²) in [7, 11) is 0. The lowest BCUT2D eigenvalue weighted by molar-refractivity contribution is -0.134. The van der Waals surface area contributed by atoms with Gasteiger partial charge in [0.2, 0.25) is 17.0 Å². The molecular formula is C18H30N6O2S. The number of nitrogens with zero attached hydrogens (tertiary/aromatic N) is 3. The van der Waals surface area contributed by atoms with Crippen molar-refractivity contribution in [3.8, 4) is 0 Å². The summed E-state index contributed by atoms with van der Waals surface area (Å²) in [4.78, 5) is 31.1. The Morgan fingerprint density at radius 1 is 1.33 bits per heavy atom. The Hall–Kier alpha value is -1.61. The zero-order chi connectivity index (χ0) is 19.1. The number of hydrogen-bond donors (Lipinski definition) is 3. The average molecular weight is 395 g/mol. The average Bonchev–Trinajstić information content (AvgIpc) is 3.08. The molecular weight excluding hydrogens is 364 g/mol. The molecule has 0 bridgehead atoms. The molecule has 1 aliphatic heterocycles. The zero-order valence-electron chi connectivity index (χ0n) is 16.0. The van der Waals surface area contributed by atoms with E-state index in [1.807, 2.05) is 6.92 Å². The van der Waals surface area contributed by atoms with Crippen molar-refractivity contribution in [1.82, 2.24) is 30.7 Å². The van der Waals surface area contributed by atoms with E-state index >= 15 is 0 Å². The number of aromatic amines is 1. The second-order valence-corrected chi connectivity index (χ2v) is 8.47. The van der Waals surface area contributed by atoms with E-state index in [-0.39, 0.29) is 24.3 Å². The van der Waals surface area contributed by atoms with Crippen LogP contribution in [0.3, 0.4) is 0 Å². The Balaban J connectivity index is 1.42. The maximum absolute atomic E-state index is 12.3. The van der Waals surface area contributed by atoms with Gasteiger partial charge in [-0.25, -0.2) is 4.98 Å². The van der Waals surface area contributed by atoms with E-state index in [2.05, 4.69) is 30.7 Å². The van der Waals surface area contributed by atoms with E-state index in [1.54, 1.807) is 0 Å². The van der Waals surface area contributed by atoms with E-state index in [1.165, 1.54) is 43.9 Å². The first-order chi connectivity index (χ1) is 13.1. The maximum atomic E-state index is 12.3. The third-order valence-corrected chi connectivity index (χ3v) is 6.12. The van der Waals surface area contributed by atoms with Gasteiger partial charge in [-0.05, 0) is 25.7 Å². The number of rotatable bonds is 8. The largest absolute Gasteiger partial charge is 0.355 e. The molecule has 8 nitrogen and oxygen atoms in total. The lowest BCUT2D eigenvalue weighted by atomic mass is 9.88. The molecule has 2 fully saturated rings. The summed E-state index contributed by atoms with van der Waals surface area (Å²) >= 11 is 1.50. The summed E-state index contributed by atoms with van der Waals surface area (Å²) in [5.41, 5.74) is 0. The monoisotopic (exact) mass is 394 g/mol. The fraction of sp³-hybridized carbons (Fsp3) is 0.778. The molecule has 1 atom stereocenters. The molecule has 150 valence electrons. The minimum absolute atomic E-state index is 0.0159. The molecule has 2 heterocycles. The van der Waals surface area contributed by atoms with Crippen molar-refractivity contribution < 1.29 is 9.59 Å². The minimum atomic E-state index is -0.344. The van der Waals surface area contributed by atoms with E-state index < -0.39 is 0 Å². The van der Waals surface area contributed by atoms with Crippen LogP contribution < -0.4 is 10.6 Å². The molecule has 1 aliphatic carbocycles. The highest BCUT2D eigenvalue weighted by Crippen LogP contribution is 2.25. The van der Waals surface area contributed by atoms with Crippen molar-refractivity contribution >= 4 is 23.6 Å². The van der Waals surface area contributed by atoms with Crippen LogP contribution in [-0.4, -0.2) is 69.9 Å². The van der Waals surface area contributed by atoms with Gasteiger partial charge in [0.15, 0.2) is 0 Å². The Labute approximate surface area is 164 Å². The third kappa shape index (κ3) is 6.21. The van der Waals surface area contributed by atoms with E-state index in [9.17, 15) is 9.59 Å². The molecule has 3 rings (SSSR count). The van der Waals surface area contributed by atoms with E-state index in [0.717, 1.165) is 18.9 Å². The van der Waals surface area contributed by atoms with Gasteiger partial charge in [0.05, 0.1) is 12.5 Å². The molecule has 0 radical (unpaired) electrons. The summed E-state index contributed by atoms with van der Waals surface area (Å²) < 4.78 is 0. The maximum Gasteiger partial charge on any atom is 0.237 e. The van der Waals surface area contributed by atoms with Crippen LogP contribution in [0.4, 0.5) is 0 Å². The van der Waals surface area contributed by atoms with E-state index in [0.29, 0.717) is 29.9 Å². The Morgan fingerprint density at radius 2 is 2.15 bits per heavy atom. The van der Waals surface area contributed by atoms with Gasteiger partial charge >= 0.3 is 0 Å². The van der Waals surface area contributed by atoms with Gasteiger partial charge in [0.25, 0.3) is 0 Å². The van der Waals surface area contributed by atoms with Gasteiger partial charge in [-0.3, -0.25) is 19.6 Å². The number of nitrogens with one attached hydrogen (secondary N) is 3. The van der Waals surface area contributed by atoms with Crippen LogP contribution >= 0.6 is 11.8 Å². The molecule has 0 spiro atoms. The van der Waals surface area contributed by atoms with Gasteiger partial charge in [-0.2, -0.15) is 0 Å². The predicted octanol–water partition coefficient (Wildman–Crippen LogP) is 1.09. The van der Waals surface area contributed by atoms with Crippen LogP contribution in [0.5, 0.6) is 0 Å². The Morgan fingerprint density at radius 3 is 2.89 bits per heavy atom. The number of aromatic nitrogens is 3. The zero-order valence-corrected chi connectivity index (χ0v) is 16.8. The number of hydrogen-bond acceptors (Lipinski definition) is 6. The van der Waals surface area contributed by atoms with Gasteiger partial charge in [-0.15, -0.1) is 5.10 Å². The second-order valence-electron chi connectivity index (χ2n) is 7.41. The summed E-state index contributed by atoms with van der Waals surface area (Å²) in [5.74, 6) is 2.06. The summed E-state index contributed by atoms with van der Waals surface area (Å²) in [6.07, 6.45) is 6.62. The van der Waals surface area contributed by atoms with Crippen molar-refractivity contribution in [3.05, 3.63) is 5.82 Å². The molecule has 0 aromatic carbocycles. The third-order valence-electron chi connectivity index (χ3n) is 5.27. The molecule has 1 unspecified atom stereocenters. The van der Waals surface area contributed by atoms with E-state index in [4.69, 9.17) is 0 Å². The van der Waals surface area contributed by atoms with Crippen molar-refractivity contribution in [2.24, 2.45) is 5.92 Å². The molecule has 2 aliphatic rings. The van der Waals surface area contributed by atoms with Gasteiger partial charge in [0, 0.05) is 31.9 Å². The summed E-state index contributed by atoms with van der Waals surface area (Å²) in [5, 5.41) is 13.4. The molecule has 1 aromatic rings. The Kier molecular flexibility index (Phi) is 7.51. The minimum Gasteiger partial charge on any atom is -0.355 e. The van der Waals surface area contributed by atoms with Gasteiger partial charge in [0.1, 0.15) is 5.82 Å². The molecule has 1 aromatic heterocycles. The number of carbonyl (C=O) groups is 2. The highest BCUT2D eigenvalue weighted by atomic mass is 32.2. The molecule has 1 saturated heterocycles. The topological polar surface area (TPSA) is 103 Å². The summed E-state index contributed by atoms with van der Waals surface area (Å²) in [6.45, 7) is 4.84. The van der Waals surface area contributed by atoms with Crippen molar-refractivity contribution in [2.45, 2.75) is 56.6 Å². The quantitative estimate of drug-likeness (QED) is 0.451. The van der Waals surface area contributed by atoms with Crippen molar-refractivity contribution in [3.63, 3.8) is 0 Å².